The Morgan fingerprint density at radius 2 is 1.52 bits per heavy atom. The molecule has 3 rings (SSSR count). The van der Waals surface area contributed by atoms with Gasteiger partial charge < -0.3 is 15.4 Å². The lowest BCUT2D eigenvalue weighted by Crippen LogP contribution is -2.31. The standard InChI is InChI=1S/C22H21FN2O2/c23-18-8-6-17(7-9-18)14-15-24-22(26)16-25-19-10-12-21(13-11-19)27-20-4-2-1-3-5-20/h1-13,25H,14-16H2,(H,24,26). The number of rotatable bonds is 8. The van der Waals surface area contributed by atoms with Gasteiger partial charge in [-0.05, 0) is 60.5 Å². The number of anilines is 1. The maximum absolute atomic E-state index is 12.8. The molecule has 0 fully saturated rings. The van der Waals surface area contributed by atoms with Gasteiger partial charge in [0, 0.05) is 12.2 Å². The summed E-state index contributed by atoms with van der Waals surface area (Å²) in [7, 11) is 0. The molecule has 1 amide bonds. The molecule has 0 unspecified atom stereocenters. The van der Waals surface area contributed by atoms with Crippen molar-refractivity contribution in [3.63, 3.8) is 0 Å². The van der Waals surface area contributed by atoms with Crippen molar-refractivity contribution in [3.8, 4) is 11.5 Å². The fourth-order valence-corrected chi connectivity index (χ4v) is 2.51. The van der Waals surface area contributed by atoms with Crippen molar-refractivity contribution >= 4 is 11.6 Å². The Labute approximate surface area is 158 Å². The zero-order valence-electron chi connectivity index (χ0n) is 14.8. The molecule has 0 spiro atoms. The molecule has 138 valence electrons. The van der Waals surface area contributed by atoms with Crippen molar-refractivity contribution < 1.29 is 13.9 Å². The molecule has 0 aliphatic carbocycles. The molecule has 0 heterocycles. The Morgan fingerprint density at radius 3 is 2.22 bits per heavy atom. The summed E-state index contributed by atoms with van der Waals surface area (Å²) in [5, 5.41) is 5.91. The smallest absolute Gasteiger partial charge is 0.239 e. The number of hydrogen-bond acceptors (Lipinski definition) is 3. The molecule has 5 heteroatoms. The summed E-state index contributed by atoms with van der Waals surface area (Å²) < 4.78 is 18.6. The summed E-state index contributed by atoms with van der Waals surface area (Å²) in [5.74, 6) is 1.16. The van der Waals surface area contributed by atoms with E-state index in [1.165, 1.54) is 12.1 Å². The molecule has 27 heavy (non-hydrogen) atoms. The molecule has 4 nitrogen and oxygen atoms in total. The summed E-state index contributed by atoms with van der Waals surface area (Å²) in [6.07, 6.45) is 0.664. The fraction of sp³-hybridized carbons (Fsp3) is 0.136. The van der Waals surface area contributed by atoms with Crippen molar-refractivity contribution in [2.24, 2.45) is 0 Å². The van der Waals surface area contributed by atoms with E-state index in [1.54, 1.807) is 12.1 Å². The van der Waals surface area contributed by atoms with E-state index in [1.807, 2.05) is 54.6 Å². The predicted octanol–water partition coefficient (Wildman–Crippen LogP) is 4.39. The zero-order valence-corrected chi connectivity index (χ0v) is 14.8. The predicted molar refractivity (Wildman–Crippen MR) is 105 cm³/mol. The maximum atomic E-state index is 12.8. The quantitative estimate of drug-likeness (QED) is 0.623. The van der Waals surface area contributed by atoms with E-state index in [-0.39, 0.29) is 18.3 Å². The molecule has 0 saturated carbocycles. The normalized spacial score (nSPS) is 10.3. The number of hydrogen-bond donors (Lipinski definition) is 2. The van der Waals surface area contributed by atoms with Gasteiger partial charge in [0.2, 0.25) is 5.91 Å². The van der Waals surface area contributed by atoms with E-state index >= 15 is 0 Å². The maximum Gasteiger partial charge on any atom is 0.239 e. The van der Waals surface area contributed by atoms with E-state index < -0.39 is 0 Å². The molecule has 0 bridgehead atoms. The molecule has 3 aromatic rings. The largest absolute Gasteiger partial charge is 0.457 e. The monoisotopic (exact) mass is 364 g/mol. The third-order valence-corrected chi connectivity index (χ3v) is 3.94. The minimum Gasteiger partial charge on any atom is -0.457 e. The van der Waals surface area contributed by atoms with Crippen molar-refractivity contribution in [2.45, 2.75) is 6.42 Å². The van der Waals surface area contributed by atoms with Gasteiger partial charge in [-0.3, -0.25) is 4.79 Å². The Balaban J connectivity index is 1.39. The molecular formula is C22H21FN2O2. The summed E-state index contributed by atoms with van der Waals surface area (Å²) in [6, 6.07) is 23.3. The van der Waals surface area contributed by atoms with Crippen molar-refractivity contribution in [1.82, 2.24) is 5.32 Å². The van der Waals surface area contributed by atoms with Gasteiger partial charge in [-0.15, -0.1) is 0 Å². The molecule has 0 radical (unpaired) electrons. The molecule has 0 aromatic heterocycles. The van der Waals surface area contributed by atoms with Crippen LogP contribution in [0.25, 0.3) is 0 Å². The van der Waals surface area contributed by atoms with Crippen LogP contribution in [0.5, 0.6) is 11.5 Å². The van der Waals surface area contributed by atoms with Crippen molar-refractivity contribution in [3.05, 3.63) is 90.2 Å². The average molecular weight is 364 g/mol. The summed E-state index contributed by atoms with van der Waals surface area (Å²) >= 11 is 0. The van der Waals surface area contributed by atoms with Crippen molar-refractivity contribution in [2.75, 3.05) is 18.4 Å². The average Bonchev–Trinajstić information content (AvgIpc) is 2.70. The first kappa shape index (κ1) is 18.5. The second-order valence-corrected chi connectivity index (χ2v) is 6.02. The lowest BCUT2D eigenvalue weighted by atomic mass is 10.1. The van der Waals surface area contributed by atoms with E-state index in [4.69, 9.17) is 4.74 Å². The highest BCUT2D eigenvalue weighted by molar-refractivity contribution is 5.80. The van der Waals surface area contributed by atoms with Gasteiger partial charge >= 0.3 is 0 Å². The van der Waals surface area contributed by atoms with Gasteiger partial charge in [-0.25, -0.2) is 4.39 Å². The molecule has 2 N–H and O–H groups in total. The van der Waals surface area contributed by atoms with Crippen LogP contribution in [0.4, 0.5) is 10.1 Å². The van der Waals surface area contributed by atoms with Crippen LogP contribution in [0, 0.1) is 5.82 Å². The third-order valence-electron chi connectivity index (χ3n) is 3.94. The number of nitrogens with one attached hydrogen (secondary N) is 2. The Morgan fingerprint density at radius 1 is 0.852 bits per heavy atom. The van der Waals surface area contributed by atoms with E-state index in [2.05, 4.69) is 10.6 Å². The molecular weight excluding hydrogens is 343 g/mol. The Hall–Kier alpha value is -3.34. The van der Waals surface area contributed by atoms with Gasteiger partial charge in [-0.1, -0.05) is 30.3 Å². The zero-order chi connectivity index (χ0) is 18.9. The highest BCUT2D eigenvalue weighted by Gasteiger charge is 2.02. The van der Waals surface area contributed by atoms with Gasteiger partial charge in [-0.2, -0.15) is 0 Å². The van der Waals surface area contributed by atoms with Gasteiger partial charge in [0.15, 0.2) is 0 Å². The van der Waals surface area contributed by atoms with Crippen LogP contribution in [0.3, 0.4) is 0 Å². The topological polar surface area (TPSA) is 50.4 Å². The summed E-state index contributed by atoms with van der Waals surface area (Å²) in [5.41, 5.74) is 1.82. The number of amides is 1. The van der Waals surface area contributed by atoms with Gasteiger partial charge in [0.1, 0.15) is 17.3 Å². The van der Waals surface area contributed by atoms with Gasteiger partial charge in [0.05, 0.1) is 6.54 Å². The van der Waals surface area contributed by atoms with E-state index in [0.29, 0.717) is 13.0 Å². The van der Waals surface area contributed by atoms with Crippen LogP contribution in [0.2, 0.25) is 0 Å². The van der Waals surface area contributed by atoms with Crippen LogP contribution in [0.1, 0.15) is 5.56 Å². The molecule has 3 aromatic carbocycles. The molecule has 0 aliphatic rings. The third kappa shape index (κ3) is 6.15. The first-order chi connectivity index (χ1) is 13.2. The first-order valence-corrected chi connectivity index (χ1v) is 8.77. The molecule has 0 saturated heterocycles. The summed E-state index contributed by atoms with van der Waals surface area (Å²) in [4.78, 5) is 11.9. The number of carbonyl (C=O) groups is 1. The lowest BCUT2D eigenvalue weighted by Gasteiger charge is -2.09. The van der Waals surface area contributed by atoms with Gasteiger partial charge in [0.25, 0.3) is 0 Å². The van der Waals surface area contributed by atoms with Crippen LogP contribution in [-0.4, -0.2) is 19.0 Å². The number of halogens is 1. The lowest BCUT2D eigenvalue weighted by molar-refractivity contribution is -0.119. The first-order valence-electron chi connectivity index (χ1n) is 8.77. The van der Waals surface area contributed by atoms with Crippen molar-refractivity contribution in [1.29, 1.82) is 0 Å². The highest BCUT2D eigenvalue weighted by Crippen LogP contribution is 2.22. The number of ether oxygens (including phenoxy) is 1. The van der Waals surface area contributed by atoms with E-state index in [0.717, 1.165) is 22.7 Å². The minimum absolute atomic E-state index is 0.0956. The number of carbonyl (C=O) groups excluding carboxylic acids is 1. The second kappa shape index (κ2) is 9.38. The minimum atomic E-state index is -0.257. The number of para-hydroxylation sites is 1. The van der Waals surface area contributed by atoms with Crippen LogP contribution >= 0.6 is 0 Å². The second-order valence-electron chi connectivity index (χ2n) is 6.02. The SMILES string of the molecule is O=C(CNc1ccc(Oc2ccccc2)cc1)NCCc1ccc(F)cc1. The highest BCUT2D eigenvalue weighted by atomic mass is 19.1. The Bertz CT molecular complexity index is 850. The number of benzene rings is 3. The molecule has 0 aliphatic heterocycles. The van der Waals surface area contributed by atoms with Crippen LogP contribution in [0.15, 0.2) is 78.9 Å². The fourth-order valence-electron chi connectivity index (χ4n) is 2.51. The summed E-state index contributed by atoms with van der Waals surface area (Å²) in [6.45, 7) is 0.693. The van der Waals surface area contributed by atoms with E-state index in [9.17, 15) is 9.18 Å². The Kier molecular flexibility index (Phi) is 6.41. The van der Waals surface area contributed by atoms with Crippen LogP contribution in [-0.2, 0) is 11.2 Å². The molecule has 0 atom stereocenters. The van der Waals surface area contributed by atoms with Crippen LogP contribution < -0.4 is 15.4 Å².